The predicted octanol–water partition coefficient (Wildman–Crippen LogP) is 4.57. The van der Waals surface area contributed by atoms with Crippen LogP contribution < -0.4 is 0 Å². The highest BCUT2D eigenvalue weighted by Gasteiger charge is 2.30. The van der Waals surface area contributed by atoms with Gasteiger partial charge in [-0.2, -0.15) is 0 Å². The van der Waals surface area contributed by atoms with Crippen molar-refractivity contribution in [3.63, 3.8) is 0 Å². The molecule has 0 bridgehead atoms. The molecule has 1 aliphatic rings. The molecule has 2 aromatic carbocycles. The van der Waals surface area contributed by atoms with E-state index >= 15 is 0 Å². The molecular formula is C20H22F2N2OS. The van der Waals surface area contributed by atoms with Crippen LogP contribution in [0.4, 0.5) is 8.78 Å². The Hall–Kier alpha value is -1.63. The van der Waals surface area contributed by atoms with Crippen LogP contribution in [0.2, 0.25) is 0 Å². The van der Waals surface area contributed by atoms with Gasteiger partial charge >= 0.3 is 0 Å². The van der Waals surface area contributed by atoms with Crippen molar-refractivity contribution in [2.75, 3.05) is 13.1 Å². The quantitative estimate of drug-likeness (QED) is 0.677. The normalized spacial score (nSPS) is 20.9. The van der Waals surface area contributed by atoms with E-state index in [1.54, 1.807) is 24.1 Å². The van der Waals surface area contributed by atoms with Gasteiger partial charge in [-0.25, -0.2) is 13.1 Å². The molecule has 1 aromatic heterocycles. The van der Waals surface area contributed by atoms with Crippen LogP contribution in [0.3, 0.4) is 0 Å². The van der Waals surface area contributed by atoms with Crippen molar-refractivity contribution in [3.8, 4) is 0 Å². The standard InChI is InChI=1S/C20H22F2N2OS/c1-13-7-8-23(26-13)11-20(2,25)12-24-18-5-3-14(21)9-16(18)17-10-15(22)4-6-19(17)24/h3-6,9-10,13,25H,7-8,11-12H2,1-2H3. The summed E-state index contributed by atoms with van der Waals surface area (Å²) in [4.78, 5) is 0. The van der Waals surface area contributed by atoms with Crippen LogP contribution in [0.1, 0.15) is 20.3 Å². The number of nitrogens with zero attached hydrogens (tertiary/aromatic N) is 2. The minimum atomic E-state index is -0.960. The first-order valence-electron chi connectivity index (χ1n) is 8.83. The van der Waals surface area contributed by atoms with E-state index in [4.69, 9.17) is 0 Å². The number of rotatable bonds is 4. The third kappa shape index (κ3) is 3.33. The Morgan fingerprint density at radius 1 is 1.08 bits per heavy atom. The third-order valence-corrected chi connectivity index (χ3v) is 6.12. The highest BCUT2D eigenvalue weighted by atomic mass is 32.2. The van der Waals surface area contributed by atoms with Crippen LogP contribution in [0.15, 0.2) is 36.4 Å². The molecule has 0 amide bonds. The van der Waals surface area contributed by atoms with Crippen molar-refractivity contribution in [1.29, 1.82) is 0 Å². The fourth-order valence-electron chi connectivity index (χ4n) is 3.79. The summed E-state index contributed by atoms with van der Waals surface area (Å²) < 4.78 is 31.7. The van der Waals surface area contributed by atoms with E-state index in [1.807, 2.05) is 11.5 Å². The number of β-amino-alcohol motifs (C(OH)–C–C–N with tert-alkyl or cyclic N) is 1. The molecule has 2 atom stereocenters. The summed E-state index contributed by atoms with van der Waals surface area (Å²) in [6.45, 7) is 5.88. The zero-order valence-electron chi connectivity index (χ0n) is 14.9. The summed E-state index contributed by atoms with van der Waals surface area (Å²) in [5.74, 6) is -0.704. The maximum Gasteiger partial charge on any atom is 0.123 e. The van der Waals surface area contributed by atoms with Gasteiger partial charge in [-0.3, -0.25) is 0 Å². The van der Waals surface area contributed by atoms with E-state index in [1.165, 1.54) is 24.3 Å². The first-order chi connectivity index (χ1) is 12.3. The lowest BCUT2D eigenvalue weighted by Crippen LogP contribution is -2.40. The minimum Gasteiger partial charge on any atom is -0.387 e. The molecule has 4 rings (SSSR count). The second-order valence-electron chi connectivity index (χ2n) is 7.47. The van der Waals surface area contributed by atoms with Gasteiger partial charge in [0, 0.05) is 40.1 Å². The lowest BCUT2D eigenvalue weighted by atomic mass is 10.1. The molecule has 1 saturated heterocycles. The zero-order valence-corrected chi connectivity index (χ0v) is 15.7. The molecule has 2 unspecified atom stereocenters. The smallest absolute Gasteiger partial charge is 0.123 e. The second-order valence-corrected chi connectivity index (χ2v) is 9.01. The van der Waals surface area contributed by atoms with E-state index in [0.29, 0.717) is 29.1 Å². The van der Waals surface area contributed by atoms with Gasteiger partial charge < -0.3 is 9.67 Å². The van der Waals surface area contributed by atoms with Crippen LogP contribution in [-0.2, 0) is 6.54 Å². The molecule has 3 nitrogen and oxygen atoms in total. The van der Waals surface area contributed by atoms with Gasteiger partial charge in [0.05, 0.1) is 12.1 Å². The van der Waals surface area contributed by atoms with Gasteiger partial charge in [-0.05, 0) is 49.7 Å². The zero-order chi connectivity index (χ0) is 18.5. The van der Waals surface area contributed by atoms with Crippen molar-refractivity contribution in [1.82, 2.24) is 8.87 Å². The largest absolute Gasteiger partial charge is 0.387 e. The Balaban J connectivity index is 1.75. The average molecular weight is 376 g/mol. The van der Waals surface area contributed by atoms with Crippen molar-refractivity contribution in [3.05, 3.63) is 48.0 Å². The van der Waals surface area contributed by atoms with E-state index in [0.717, 1.165) is 24.0 Å². The average Bonchev–Trinajstić information content (AvgIpc) is 3.08. The highest BCUT2D eigenvalue weighted by Crippen LogP contribution is 2.33. The third-order valence-electron chi connectivity index (χ3n) is 4.92. The van der Waals surface area contributed by atoms with Gasteiger partial charge in [-0.15, -0.1) is 0 Å². The first kappa shape index (κ1) is 17.8. The molecule has 1 N–H and O–H groups in total. The Bertz CT molecular complexity index is 910. The van der Waals surface area contributed by atoms with Crippen LogP contribution in [-0.4, -0.2) is 37.9 Å². The summed E-state index contributed by atoms with van der Waals surface area (Å²) in [6, 6.07) is 9.07. The van der Waals surface area contributed by atoms with Crippen molar-refractivity contribution < 1.29 is 13.9 Å². The van der Waals surface area contributed by atoms with Gasteiger partial charge in [0.25, 0.3) is 0 Å². The van der Waals surface area contributed by atoms with Crippen LogP contribution >= 0.6 is 11.9 Å². The Morgan fingerprint density at radius 2 is 1.65 bits per heavy atom. The van der Waals surface area contributed by atoms with E-state index in [9.17, 15) is 13.9 Å². The van der Waals surface area contributed by atoms with Crippen LogP contribution in [0.5, 0.6) is 0 Å². The summed E-state index contributed by atoms with van der Waals surface area (Å²) >= 11 is 1.78. The molecule has 0 aliphatic carbocycles. The Labute approximate surface area is 155 Å². The number of aromatic nitrogens is 1. The summed E-state index contributed by atoms with van der Waals surface area (Å²) in [7, 11) is 0. The van der Waals surface area contributed by atoms with Gasteiger partial charge in [0.15, 0.2) is 0 Å². The first-order valence-corrected chi connectivity index (χ1v) is 9.67. The molecular weight excluding hydrogens is 354 g/mol. The molecule has 1 aliphatic heterocycles. The Kier molecular flexibility index (Phi) is 4.45. The van der Waals surface area contributed by atoms with Crippen molar-refractivity contribution >= 4 is 33.8 Å². The summed E-state index contributed by atoms with van der Waals surface area (Å²) in [6.07, 6.45) is 1.12. The fourth-order valence-corrected chi connectivity index (χ4v) is 5.07. The van der Waals surface area contributed by atoms with E-state index in [-0.39, 0.29) is 11.6 Å². The summed E-state index contributed by atoms with van der Waals surface area (Å²) in [5, 5.41) is 12.9. The lowest BCUT2D eigenvalue weighted by Gasteiger charge is -2.29. The van der Waals surface area contributed by atoms with Crippen molar-refractivity contribution in [2.45, 2.75) is 37.7 Å². The molecule has 0 saturated carbocycles. The highest BCUT2D eigenvalue weighted by molar-refractivity contribution is 7.97. The molecule has 3 aromatic rings. The van der Waals surface area contributed by atoms with E-state index in [2.05, 4.69) is 11.2 Å². The van der Waals surface area contributed by atoms with Crippen LogP contribution in [0, 0.1) is 11.6 Å². The second kappa shape index (κ2) is 6.51. The monoisotopic (exact) mass is 376 g/mol. The number of hydrogen-bond acceptors (Lipinski definition) is 3. The maximum absolute atomic E-state index is 13.8. The van der Waals surface area contributed by atoms with Crippen LogP contribution in [0.25, 0.3) is 21.8 Å². The molecule has 6 heteroatoms. The van der Waals surface area contributed by atoms with Gasteiger partial charge in [0.2, 0.25) is 0 Å². The molecule has 0 spiro atoms. The SMILES string of the molecule is CC1CCN(CC(C)(O)Cn2c3ccc(F)cc3c3cc(F)ccc32)S1. The molecule has 1 fully saturated rings. The molecule has 26 heavy (non-hydrogen) atoms. The van der Waals surface area contributed by atoms with Crippen molar-refractivity contribution in [2.24, 2.45) is 0 Å². The Morgan fingerprint density at radius 3 is 2.15 bits per heavy atom. The lowest BCUT2D eigenvalue weighted by molar-refractivity contribution is 0.0293. The maximum atomic E-state index is 13.8. The van der Waals surface area contributed by atoms with E-state index < -0.39 is 5.60 Å². The molecule has 2 heterocycles. The molecule has 138 valence electrons. The van der Waals surface area contributed by atoms with Gasteiger partial charge in [0.1, 0.15) is 11.6 Å². The minimum absolute atomic E-state index is 0.352. The number of aliphatic hydroxyl groups is 1. The number of fused-ring (bicyclic) bond motifs is 3. The fraction of sp³-hybridized carbons (Fsp3) is 0.400. The predicted molar refractivity (Wildman–Crippen MR) is 103 cm³/mol. The summed E-state index contributed by atoms with van der Waals surface area (Å²) in [5.41, 5.74) is 0.642. The number of hydrogen-bond donors (Lipinski definition) is 1. The topological polar surface area (TPSA) is 28.4 Å². The number of halogens is 2. The molecule has 0 radical (unpaired) electrons. The number of benzene rings is 2. The van der Waals surface area contributed by atoms with Gasteiger partial charge in [-0.1, -0.05) is 18.9 Å².